The Bertz CT molecular complexity index is 493. The Hall–Kier alpha value is -0.870. The van der Waals surface area contributed by atoms with Crippen LogP contribution in [0, 0.1) is 13.8 Å². The van der Waals surface area contributed by atoms with Crippen molar-refractivity contribution in [2.75, 3.05) is 0 Å². The van der Waals surface area contributed by atoms with E-state index in [0.717, 1.165) is 23.2 Å². The highest BCUT2D eigenvalue weighted by molar-refractivity contribution is 7.15. The van der Waals surface area contributed by atoms with Crippen molar-refractivity contribution in [2.24, 2.45) is 0 Å². The van der Waals surface area contributed by atoms with Crippen LogP contribution in [0.1, 0.15) is 29.9 Å². The van der Waals surface area contributed by atoms with Crippen LogP contribution < -0.4 is 5.32 Å². The molecule has 3 nitrogen and oxygen atoms in total. The van der Waals surface area contributed by atoms with Crippen LogP contribution in [0.15, 0.2) is 5.38 Å². The summed E-state index contributed by atoms with van der Waals surface area (Å²) < 4.78 is 2.27. The molecular formula is C11H15N3S. The first-order valence-electron chi connectivity index (χ1n) is 5.41. The van der Waals surface area contributed by atoms with Gasteiger partial charge < -0.3 is 5.32 Å². The van der Waals surface area contributed by atoms with Crippen LogP contribution in [0.2, 0.25) is 0 Å². The van der Waals surface area contributed by atoms with Crippen molar-refractivity contribution >= 4 is 16.3 Å². The minimum absolute atomic E-state index is 0.758. The molecule has 2 heterocycles. The van der Waals surface area contributed by atoms with E-state index in [4.69, 9.17) is 0 Å². The van der Waals surface area contributed by atoms with Gasteiger partial charge in [0.2, 0.25) is 0 Å². The first kappa shape index (κ1) is 9.36. The minimum Gasteiger partial charge on any atom is -0.308 e. The van der Waals surface area contributed by atoms with Crippen molar-refractivity contribution in [3.05, 3.63) is 22.5 Å². The van der Waals surface area contributed by atoms with Crippen LogP contribution in [0.3, 0.4) is 0 Å². The fourth-order valence-electron chi connectivity index (χ4n) is 1.90. The molecule has 0 radical (unpaired) electrons. The molecular weight excluding hydrogens is 206 g/mol. The number of fused-ring (bicyclic) bond motifs is 1. The van der Waals surface area contributed by atoms with E-state index in [1.165, 1.54) is 24.2 Å². The fraction of sp³-hybridized carbons (Fsp3) is 0.545. The molecule has 4 heteroatoms. The number of imidazole rings is 1. The second-order valence-electron chi connectivity index (χ2n) is 4.29. The van der Waals surface area contributed by atoms with Gasteiger partial charge in [-0.05, 0) is 26.7 Å². The van der Waals surface area contributed by atoms with Gasteiger partial charge in [0.1, 0.15) is 0 Å². The van der Waals surface area contributed by atoms with Crippen LogP contribution >= 0.6 is 11.3 Å². The molecule has 3 rings (SSSR count). The van der Waals surface area contributed by atoms with E-state index in [0.29, 0.717) is 0 Å². The highest BCUT2D eigenvalue weighted by Crippen LogP contribution is 2.23. The quantitative estimate of drug-likeness (QED) is 0.861. The third-order valence-electron chi connectivity index (χ3n) is 2.97. The summed E-state index contributed by atoms with van der Waals surface area (Å²) in [4.78, 5) is 5.70. The van der Waals surface area contributed by atoms with E-state index >= 15 is 0 Å². The Balaban J connectivity index is 1.97. The summed E-state index contributed by atoms with van der Waals surface area (Å²) in [6.45, 7) is 5.20. The average molecular weight is 221 g/mol. The molecule has 1 aliphatic rings. The number of hydrogen-bond donors (Lipinski definition) is 1. The number of aromatic nitrogens is 2. The van der Waals surface area contributed by atoms with Gasteiger partial charge in [-0.25, -0.2) is 4.98 Å². The molecule has 0 spiro atoms. The number of hydrogen-bond acceptors (Lipinski definition) is 3. The third-order valence-corrected chi connectivity index (χ3v) is 3.91. The van der Waals surface area contributed by atoms with Crippen LogP contribution in [0.25, 0.3) is 4.96 Å². The molecule has 2 aromatic heterocycles. The summed E-state index contributed by atoms with van der Waals surface area (Å²) >= 11 is 1.72. The number of nitrogens with one attached hydrogen (secondary N) is 1. The van der Waals surface area contributed by atoms with Crippen LogP contribution in [-0.4, -0.2) is 15.4 Å². The van der Waals surface area contributed by atoms with Gasteiger partial charge in [-0.1, -0.05) is 0 Å². The molecule has 0 bridgehead atoms. The van der Waals surface area contributed by atoms with E-state index in [2.05, 4.69) is 33.9 Å². The standard InChI is InChI=1S/C11H15N3S/c1-7-6-15-11-13-8(2)10(14(7)11)5-12-9-3-4-9/h6,9,12H,3-5H2,1-2H3. The molecule has 2 aromatic rings. The lowest BCUT2D eigenvalue weighted by Gasteiger charge is -2.04. The number of rotatable bonds is 3. The van der Waals surface area contributed by atoms with Gasteiger partial charge in [0, 0.05) is 23.7 Å². The van der Waals surface area contributed by atoms with Crippen LogP contribution in [-0.2, 0) is 6.54 Å². The van der Waals surface area contributed by atoms with Gasteiger partial charge in [-0.2, -0.15) is 0 Å². The minimum atomic E-state index is 0.758. The molecule has 1 N–H and O–H groups in total. The molecule has 80 valence electrons. The molecule has 0 aromatic carbocycles. The molecule has 0 unspecified atom stereocenters. The lowest BCUT2D eigenvalue weighted by molar-refractivity contribution is 0.666. The maximum Gasteiger partial charge on any atom is 0.194 e. The van der Waals surface area contributed by atoms with Gasteiger partial charge >= 0.3 is 0 Å². The topological polar surface area (TPSA) is 29.3 Å². The second-order valence-corrected chi connectivity index (χ2v) is 5.13. The first-order valence-corrected chi connectivity index (χ1v) is 6.29. The van der Waals surface area contributed by atoms with Gasteiger partial charge in [0.15, 0.2) is 4.96 Å². The highest BCUT2D eigenvalue weighted by atomic mass is 32.1. The second kappa shape index (κ2) is 3.32. The Morgan fingerprint density at radius 3 is 3.07 bits per heavy atom. The Morgan fingerprint density at radius 1 is 1.53 bits per heavy atom. The maximum atomic E-state index is 4.57. The summed E-state index contributed by atoms with van der Waals surface area (Å²) in [5.41, 5.74) is 3.79. The molecule has 1 saturated carbocycles. The fourth-order valence-corrected chi connectivity index (χ4v) is 2.83. The van der Waals surface area contributed by atoms with Crippen molar-refractivity contribution in [3.63, 3.8) is 0 Å². The van der Waals surface area contributed by atoms with Crippen molar-refractivity contribution in [3.8, 4) is 0 Å². The number of nitrogens with zero attached hydrogens (tertiary/aromatic N) is 2. The van der Waals surface area contributed by atoms with E-state index in [9.17, 15) is 0 Å². The maximum absolute atomic E-state index is 4.57. The van der Waals surface area contributed by atoms with E-state index < -0.39 is 0 Å². The van der Waals surface area contributed by atoms with Crippen LogP contribution in [0.5, 0.6) is 0 Å². The van der Waals surface area contributed by atoms with Crippen molar-refractivity contribution in [2.45, 2.75) is 39.3 Å². The monoisotopic (exact) mass is 221 g/mol. The summed E-state index contributed by atoms with van der Waals surface area (Å²) in [6.07, 6.45) is 2.67. The zero-order valence-electron chi connectivity index (χ0n) is 9.08. The normalized spacial score (nSPS) is 16.4. The Morgan fingerprint density at radius 2 is 2.33 bits per heavy atom. The number of thiazole rings is 1. The summed E-state index contributed by atoms with van der Waals surface area (Å²) in [7, 11) is 0. The third kappa shape index (κ3) is 1.58. The first-order chi connectivity index (χ1) is 7.25. The average Bonchev–Trinajstić information content (AvgIpc) is 2.89. The summed E-state index contributed by atoms with van der Waals surface area (Å²) in [5, 5.41) is 5.72. The molecule has 1 aliphatic carbocycles. The van der Waals surface area contributed by atoms with Gasteiger partial charge in [-0.15, -0.1) is 11.3 Å². The van der Waals surface area contributed by atoms with E-state index in [1.54, 1.807) is 11.3 Å². The van der Waals surface area contributed by atoms with Crippen LogP contribution in [0.4, 0.5) is 0 Å². The summed E-state index contributed by atoms with van der Waals surface area (Å²) in [5.74, 6) is 0. The van der Waals surface area contributed by atoms with E-state index in [1.807, 2.05) is 0 Å². The van der Waals surface area contributed by atoms with Crippen molar-refractivity contribution in [1.82, 2.24) is 14.7 Å². The molecule has 0 aliphatic heterocycles. The lowest BCUT2D eigenvalue weighted by atomic mass is 10.3. The van der Waals surface area contributed by atoms with E-state index in [-0.39, 0.29) is 0 Å². The smallest absolute Gasteiger partial charge is 0.194 e. The van der Waals surface area contributed by atoms with Crippen molar-refractivity contribution < 1.29 is 0 Å². The predicted molar refractivity (Wildman–Crippen MR) is 62.4 cm³/mol. The largest absolute Gasteiger partial charge is 0.308 e. The SMILES string of the molecule is Cc1nc2scc(C)n2c1CNC1CC1. The van der Waals surface area contributed by atoms with Crippen molar-refractivity contribution in [1.29, 1.82) is 0 Å². The van der Waals surface area contributed by atoms with Gasteiger partial charge in [-0.3, -0.25) is 4.40 Å². The zero-order valence-corrected chi connectivity index (χ0v) is 9.90. The lowest BCUT2D eigenvalue weighted by Crippen LogP contribution is -2.17. The molecule has 0 saturated heterocycles. The molecule has 1 fully saturated rings. The highest BCUT2D eigenvalue weighted by Gasteiger charge is 2.21. The zero-order chi connectivity index (χ0) is 10.4. The molecule has 15 heavy (non-hydrogen) atoms. The molecule has 0 amide bonds. The Kier molecular flexibility index (Phi) is 2.07. The molecule has 0 atom stereocenters. The van der Waals surface area contributed by atoms with Gasteiger partial charge in [0.05, 0.1) is 11.4 Å². The Labute approximate surface area is 93.1 Å². The van der Waals surface area contributed by atoms with Gasteiger partial charge in [0.25, 0.3) is 0 Å². The number of aryl methyl sites for hydroxylation is 2. The summed E-state index contributed by atoms with van der Waals surface area (Å²) in [6, 6.07) is 0.758. The predicted octanol–water partition coefficient (Wildman–Crippen LogP) is 2.26.